The zero-order chi connectivity index (χ0) is 26.3. The number of piperidine rings is 1. The van der Waals surface area contributed by atoms with E-state index in [0.717, 1.165) is 69.9 Å². The molecule has 198 valence electrons. The van der Waals surface area contributed by atoms with Gasteiger partial charge in [-0.1, -0.05) is 23.7 Å². The summed E-state index contributed by atoms with van der Waals surface area (Å²) in [5, 5.41) is 10.1. The van der Waals surface area contributed by atoms with Crippen LogP contribution in [0.1, 0.15) is 87.8 Å². The number of nitrogens with zero attached hydrogens (tertiary/aromatic N) is 5. The molecule has 1 saturated carbocycles. The fourth-order valence-corrected chi connectivity index (χ4v) is 7.82. The zero-order valence-electron chi connectivity index (χ0n) is 22.1. The number of thiophene rings is 1. The van der Waals surface area contributed by atoms with Crippen LogP contribution in [0.25, 0.3) is 21.1 Å². The maximum atomic E-state index is 12.9. The minimum atomic E-state index is -0.482. The molecule has 4 atom stereocenters. The van der Waals surface area contributed by atoms with Crippen molar-refractivity contribution in [3.8, 4) is 0 Å². The van der Waals surface area contributed by atoms with Crippen molar-refractivity contribution in [2.75, 3.05) is 0 Å². The number of hydrogen-bond acceptors (Lipinski definition) is 6. The normalized spacial score (nSPS) is 26.9. The molecular formula is C29H32ClN5O2S. The molecule has 4 unspecified atom stereocenters. The second kappa shape index (κ2) is 8.65. The molecule has 7 rings (SSSR count). The van der Waals surface area contributed by atoms with Gasteiger partial charge in [-0.25, -0.2) is 14.8 Å². The number of halogens is 1. The molecule has 2 saturated heterocycles. The smallest absolute Gasteiger partial charge is 0.410 e. The molecule has 0 radical (unpaired) electrons. The zero-order valence-corrected chi connectivity index (χ0v) is 23.7. The van der Waals surface area contributed by atoms with Gasteiger partial charge < -0.3 is 9.64 Å². The first-order valence-corrected chi connectivity index (χ1v) is 14.8. The van der Waals surface area contributed by atoms with E-state index in [0.29, 0.717) is 11.8 Å². The van der Waals surface area contributed by atoms with Crippen LogP contribution in [0.2, 0.25) is 5.02 Å². The topological polar surface area (TPSA) is 73.1 Å². The molecule has 3 fully saturated rings. The summed E-state index contributed by atoms with van der Waals surface area (Å²) < 4.78 is 7.81. The highest BCUT2D eigenvalue weighted by Crippen LogP contribution is 2.57. The number of ether oxygens (including phenoxy) is 1. The highest BCUT2D eigenvalue weighted by atomic mass is 35.5. The van der Waals surface area contributed by atoms with Gasteiger partial charge in [0, 0.05) is 35.0 Å². The highest BCUT2D eigenvalue weighted by Gasteiger charge is 2.46. The van der Waals surface area contributed by atoms with Crippen LogP contribution in [0.15, 0.2) is 29.8 Å². The van der Waals surface area contributed by atoms with E-state index in [-0.39, 0.29) is 24.2 Å². The number of carbonyl (C=O) groups excluding carboxylic acids is 1. The van der Waals surface area contributed by atoms with E-state index >= 15 is 0 Å². The van der Waals surface area contributed by atoms with Gasteiger partial charge in [0.15, 0.2) is 0 Å². The summed E-state index contributed by atoms with van der Waals surface area (Å²) in [4.78, 5) is 25.3. The van der Waals surface area contributed by atoms with Gasteiger partial charge in [0.05, 0.1) is 16.8 Å². The van der Waals surface area contributed by atoms with Crippen molar-refractivity contribution in [1.29, 1.82) is 0 Å². The predicted octanol–water partition coefficient (Wildman–Crippen LogP) is 7.38. The summed E-state index contributed by atoms with van der Waals surface area (Å²) in [6.45, 7) is 7.74. The summed E-state index contributed by atoms with van der Waals surface area (Å²) in [5.41, 5.74) is 2.70. The number of fused-ring (bicyclic) bond motifs is 4. The van der Waals surface area contributed by atoms with E-state index in [4.69, 9.17) is 26.4 Å². The Hall–Kier alpha value is -2.71. The highest BCUT2D eigenvalue weighted by molar-refractivity contribution is 7.16. The van der Waals surface area contributed by atoms with Gasteiger partial charge in [0.25, 0.3) is 0 Å². The van der Waals surface area contributed by atoms with Gasteiger partial charge in [-0.2, -0.15) is 5.10 Å². The minimum Gasteiger partial charge on any atom is -0.444 e. The average molecular weight is 550 g/mol. The van der Waals surface area contributed by atoms with E-state index in [1.807, 2.05) is 32.6 Å². The Morgan fingerprint density at radius 1 is 1.05 bits per heavy atom. The van der Waals surface area contributed by atoms with E-state index in [9.17, 15) is 4.79 Å². The van der Waals surface area contributed by atoms with Crippen molar-refractivity contribution >= 4 is 50.2 Å². The van der Waals surface area contributed by atoms with Crippen molar-refractivity contribution in [3.63, 3.8) is 0 Å². The van der Waals surface area contributed by atoms with Crippen LogP contribution in [0.3, 0.4) is 0 Å². The molecule has 1 aliphatic carbocycles. The fraction of sp³-hybridized carbons (Fsp3) is 0.517. The fourth-order valence-electron chi connectivity index (χ4n) is 6.65. The second-order valence-electron chi connectivity index (χ2n) is 12.2. The first-order valence-electron chi connectivity index (χ1n) is 13.6. The van der Waals surface area contributed by atoms with Crippen molar-refractivity contribution in [2.24, 2.45) is 0 Å². The molecule has 9 heteroatoms. The molecule has 3 aliphatic rings. The predicted molar refractivity (Wildman–Crippen MR) is 150 cm³/mol. The second-order valence-corrected chi connectivity index (χ2v) is 13.4. The lowest BCUT2D eigenvalue weighted by atomic mass is 9.98. The molecule has 38 heavy (non-hydrogen) atoms. The summed E-state index contributed by atoms with van der Waals surface area (Å²) in [7, 11) is 0. The quantitative estimate of drug-likeness (QED) is 0.266. The minimum absolute atomic E-state index is 0.181. The Morgan fingerprint density at radius 2 is 1.82 bits per heavy atom. The van der Waals surface area contributed by atoms with Gasteiger partial charge in [0.1, 0.15) is 21.8 Å². The van der Waals surface area contributed by atoms with Crippen molar-refractivity contribution in [1.82, 2.24) is 24.6 Å². The van der Waals surface area contributed by atoms with E-state index in [2.05, 4.69) is 39.4 Å². The van der Waals surface area contributed by atoms with Crippen molar-refractivity contribution in [3.05, 3.63) is 51.9 Å². The largest absolute Gasteiger partial charge is 0.444 e. The third-order valence-electron chi connectivity index (χ3n) is 8.36. The maximum Gasteiger partial charge on any atom is 0.410 e. The standard InChI is InChI=1S/C29H32ClN5O2S/c1-15-31-26(21-9-10-38-27(21)32-15)23-13-22(23)20-8-5-16-14-34(33-25(16)24(20)30)19-11-17-6-7-18(12-19)35(17)28(36)37-29(2,3)4/h5,8-10,14,17-19,22-23H,6-7,11-13H2,1-4H3. The summed E-state index contributed by atoms with van der Waals surface area (Å²) in [5.74, 6) is 1.54. The molecule has 7 nitrogen and oxygen atoms in total. The summed E-state index contributed by atoms with van der Waals surface area (Å²) in [6, 6.07) is 7.12. The molecule has 2 bridgehead atoms. The molecule has 2 aliphatic heterocycles. The molecule has 0 spiro atoms. The van der Waals surface area contributed by atoms with Crippen LogP contribution in [0, 0.1) is 6.92 Å². The molecule has 1 amide bonds. The Kier molecular flexibility index (Phi) is 5.54. The lowest BCUT2D eigenvalue weighted by Gasteiger charge is -2.39. The van der Waals surface area contributed by atoms with Crippen LogP contribution in [0.4, 0.5) is 4.79 Å². The lowest BCUT2D eigenvalue weighted by molar-refractivity contribution is 0.00235. The van der Waals surface area contributed by atoms with Crippen LogP contribution in [-0.2, 0) is 4.74 Å². The lowest BCUT2D eigenvalue weighted by Crippen LogP contribution is -2.48. The van der Waals surface area contributed by atoms with Gasteiger partial charge in [-0.05, 0) is 82.7 Å². The number of amides is 1. The van der Waals surface area contributed by atoms with Gasteiger partial charge >= 0.3 is 6.09 Å². The first kappa shape index (κ1) is 24.3. The average Bonchev–Trinajstić information content (AvgIpc) is 3.16. The number of hydrogen-bond donors (Lipinski definition) is 0. The Bertz CT molecular complexity index is 1560. The van der Waals surface area contributed by atoms with Crippen LogP contribution >= 0.6 is 22.9 Å². The molecule has 4 aromatic rings. The van der Waals surface area contributed by atoms with Crippen LogP contribution in [-0.4, -0.2) is 48.4 Å². The summed E-state index contributed by atoms with van der Waals surface area (Å²) >= 11 is 8.70. The molecule has 3 aromatic heterocycles. The van der Waals surface area contributed by atoms with Crippen molar-refractivity contribution in [2.45, 2.75) is 95.4 Å². The third kappa shape index (κ3) is 4.08. The number of benzene rings is 1. The Labute approximate surface area is 231 Å². The SMILES string of the molecule is Cc1nc(C2CC2c2ccc3cn(C4CC5CCC(C4)N5C(=O)OC(C)(C)C)nc3c2Cl)c2ccsc2n1. The third-order valence-corrected chi connectivity index (χ3v) is 9.56. The number of rotatable bonds is 3. The van der Waals surface area contributed by atoms with Crippen LogP contribution < -0.4 is 0 Å². The monoisotopic (exact) mass is 549 g/mol. The van der Waals surface area contributed by atoms with E-state index in [1.165, 1.54) is 5.39 Å². The van der Waals surface area contributed by atoms with E-state index < -0.39 is 5.60 Å². The maximum absolute atomic E-state index is 12.9. The molecule has 1 aromatic carbocycles. The number of aryl methyl sites for hydroxylation is 1. The van der Waals surface area contributed by atoms with E-state index in [1.54, 1.807) is 11.3 Å². The summed E-state index contributed by atoms with van der Waals surface area (Å²) in [6.07, 6.45) is 6.82. The Balaban J connectivity index is 1.13. The number of carbonyl (C=O) groups is 1. The molecule has 5 heterocycles. The van der Waals surface area contributed by atoms with Crippen LogP contribution in [0.5, 0.6) is 0 Å². The Morgan fingerprint density at radius 3 is 2.55 bits per heavy atom. The molecule has 0 N–H and O–H groups in total. The van der Waals surface area contributed by atoms with Gasteiger partial charge in [0.2, 0.25) is 0 Å². The van der Waals surface area contributed by atoms with Gasteiger partial charge in [-0.3, -0.25) is 4.68 Å². The van der Waals surface area contributed by atoms with Gasteiger partial charge in [-0.15, -0.1) is 11.3 Å². The number of aromatic nitrogens is 4. The molecular weight excluding hydrogens is 518 g/mol. The first-order chi connectivity index (χ1) is 18.2. The van der Waals surface area contributed by atoms with Crippen molar-refractivity contribution < 1.29 is 9.53 Å².